The minimum absolute atomic E-state index is 0.123. The van der Waals surface area contributed by atoms with Crippen molar-refractivity contribution in [3.63, 3.8) is 0 Å². The first-order valence-electron chi connectivity index (χ1n) is 10.2. The summed E-state index contributed by atoms with van der Waals surface area (Å²) in [7, 11) is 0. The predicted molar refractivity (Wildman–Crippen MR) is 120 cm³/mol. The fourth-order valence-electron chi connectivity index (χ4n) is 4.44. The zero-order chi connectivity index (χ0) is 21.5. The number of aryl methyl sites for hydroxylation is 1. The first-order valence-corrected chi connectivity index (χ1v) is 10.2. The van der Waals surface area contributed by atoms with Crippen molar-refractivity contribution in [3.05, 3.63) is 95.1 Å². The monoisotopic (exact) mass is 410 g/mol. The molecule has 0 saturated heterocycles. The van der Waals surface area contributed by atoms with Crippen LogP contribution < -0.4 is 11.3 Å². The third kappa shape index (κ3) is 3.08. The lowest BCUT2D eigenvalue weighted by Crippen LogP contribution is -2.42. The zero-order valence-electron chi connectivity index (χ0n) is 17.1. The standard InChI is InChI=1S/C25H22N4O2/c1-15-10-12-16(13-11-15)23-22(19-8-4-5-9-20(19)27-23)24-17-6-2-3-7-18(17)25(31)29(24)14-21(30)28-26/h2-13,24,27H,14,26H2,1H3,(H,28,30). The summed E-state index contributed by atoms with van der Waals surface area (Å²) in [5.74, 6) is 4.76. The van der Waals surface area contributed by atoms with Gasteiger partial charge in [0.15, 0.2) is 0 Å². The number of para-hydroxylation sites is 1. The smallest absolute Gasteiger partial charge is 0.255 e. The summed E-state index contributed by atoms with van der Waals surface area (Å²) in [6.45, 7) is 1.93. The number of hydrogen-bond acceptors (Lipinski definition) is 3. The lowest BCUT2D eigenvalue weighted by molar-refractivity contribution is -0.122. The van der Waals surface area contributed by atoms with E-state index >= 15 is 0 Å². The maximum absolute atomic E-state index is 13.3. The SMILES string of the molecule is Cc1ccc(-c2[nH]c3ccccc3c2C2c3ccccc3C(=O)N2CC(=O)NN)cc1. The molecule has 1 aliphatic heterocycles. The van der Waals surface area contributed by atoms with Gasteiger partial charge in [-0.2, -0.15) is 0 Å². The summed E-state index contributed by atoms with van der Waals surface area (Å²) in [5, 5.41) is 1.02. The molecule has 0 aliphatic carbocycles. The van der Waals surface area contributed by atoms with Gasteiger partial charge >= 0.3 is 0 Å². The minimum Gasteiger partial charge on any atom is -0.354 e. The molecule has 1 atom stereocenters. The second-order valence-corrected chi connectivity index (χ2v) is 7.82. The van der Waals surface area contributed by atoms with E-state index in [2.05, 4.69) is 41.6 Å². The van der Waals surface area contributed by atoms with Crippen LogP contribution in [-0.2, 0) is 4.79 Å². The fraction of sp³-hybridized carbons (Fsp3) is 0.120. The van der Waals surface area contributed by atoms with Crippen molar-refractivity contribution in [1.29, 1.82) is 0 Å². The van der Waals surface area contributed by atoms with Crippen LogP contribution in [0.3, 0.4) is 0 Å². The summed E-state index contributed by atoms with van der Waals surface area (Å²) in [4.78, 5) is 30.6. The summed E-state index contributed by atoms with van der Waals surface area (Å²) in [6.07, 6.45) is 0. The second kappa shape index (κ2) is 7.41. The summed E-state index contributed by atoms with van der Waals surface area (Å²) in [5.41, 5.74) is 8.74. The van der Waals surface area contributed by atoms with E-state index in [0.29, 0.717) is 5.56 Å². The van der Waals surface area contributed by atoms with Gasteiger partial charge in [0, 0.05) is 22.0 Å². The Morgan fingerprint density at radius 3 is 2.52 bits per heavy atom. The highest BCUT2D eigenvalue weighted by atomic mass is 16.2. The molecule has 6 nitrogen and oxygen atoms in total. The molecule has 154 valence electrons. The Kier molecular flexibility index (Phi) is 4.56. The third-order valence-electron chi connectivity index (χ3n) is 5.89. The molecule has 2 amide bonds. The molecule has 1 aromatic heterocycles. The number of carbonyl (C=O) groups excluding carboxylic acids is 2. The number of H-pyrrole nitrogens is 1. The molecule has 0 fully saturated rings. The van der Waals surface area contributed by atoms with E-state index in [9.17, 15) is 9.59 Å². The molecule has 4 N–H and O–H groups in total. The Morgan fingerprint density at radius 1 is 1.03 bits per heavy atom. The number of amides is 2. The van der Waals surface area contributed by atoms with Crippen molar-refractivity contribution in [2.75, 3.05) is 6.54 Å². The van der Waals surface area contributed by atoms with Crippen molar-refractivity contribution < 1.29 is 9.59 Å². The van der Waals surface area contributed by atoms with Gasteiger partial charge in [0.1, 0.15) is 6.54 Å². The van der Waals surface area contributed by atoms with Crippen molar-refractivity contribution >= 4 is 22.7 Å². The van der Waals surface area contributed by atoms with Crippen molar-refractivity contribution in [3.8, 4) is 11.3 Å². The van der Waals surface area contributed by atoms with Gasteiger partial charge in [-0.1, -0.05) is 66.2 Å². The number of nitrogens with zero attached hydrogens (tertiary/aromatic N) is 1. The Hall–Kier alpha value is -3.90. The zero-order valence-corrected chi connectivity index (χ0v) is 17.1. The van der Waals surface area contributed by atoms with Crippen molar-refractivity contribution in [2.24, 2.45) is 5.84 Å². The molecule has 31 heavy (non-hydrogen) atoms. The normalized spacial score (nSPS) is 15.4. The van der Waals surface area contributed by atoms with E-state index < -0.39 is 11.9 Å². The van der Waals surface area contributed by atoms with Crippen molar-refractivity contribution in [2.45, 2.75) is 13.0 Å². The average Bonchev–Trinajstić information content (AvgIpc) is 3.30. The number of fused-ring (bicyclic) bond motifs is 2. The van der Waals surface area contributed by atoms with Crippen LogP contribution in [0.4, 0.5) is 0 Å². The van der Waals surface area contributed by atoms with E-state index in [0.717, 1.165) is 33.3 Å². The van der Waals surface area contributed by atoms with E-state index in [1.807, 2.05) is 48.5 Å². The van der Waals surface area contributed by atoms with Gasteiger partial charge in [-0.3, -0.25) is 15.0 Å². The van der Waals surface area contributed by atoms with Crippen LogP contribution in [0.2, 0.25) is 0 Å². The van der Waals surface area contributed by atoms with Crippen LogP contribution in [0.25, 0.3) is 22.2 Å². The highest BCUT2D eigenvalue weighted by Crippen LogP contribution is 2.45. The van der Waals surface area contributed by atoms with E-state index in [4.69, 9.17) is 5.84 Å². The lowest BCUT2D eigenvalue weighted by Gasteiger charge is -2.26. The van der Waals surface area contributed by atoms with Crippen LogP contribution in [0, 0.1) is 6.92 Å². The van der Waals surface area contributed by atoms with Gasteiger partial charge < -0.3 is 9.88 Å². The Bertz CT molecular complexity index is 1310. The van der Waals surface area contributed by atoms with Gasteiger partial charge in [-0.15, -0.1) is 0 Å². The first-order chi connectivity index (χ1) is 15.1. The number of benzene rings is 3. The van der Waals surface area contributed by atoms with Crippen LogP contribution >= 0.6 is 0 Å². The van der Waals surface area contributed by atoms with Crippen molar-refractivity contribution in [1.82, 2.24) is 15.3 Å². The van der Waals surface area contributed by atoms with Gasteiger partial charge in [0.25, 0.3) is 11.8 Å². The molecule has 5 rings (SSSR count). The number of aromatic amines is 1. The molecule has 0 radical (unpaired) electrons. The Labute approximate surface area is 179 Å². The Balaban J connectivity index is 1.78. The molecule has 4 aromatic rings. The van der Waals surface area contributed by atoms with Gasteiger partial charge in [0.2, 0.25) is 0 Å². The van der Waals surface area contributed by atoms with Crippen LogP contribution in [0.5, 0.6) is 0 Å². The van der Waals surface area contributed by atoms with Crippen LogP contribution in [0.1, 0.15) is 33.1 Å². The maximum atomic E-state index is 13.3. The molecule has 2 heterocycles. The first kappa shape index (κ1) is 19.1. The van der Waals surface area contributed by atoms with Gasteiger partial charge in [-0.05, 0) is 30.2 Å². The summed E-state index contributed by atoms with van der Waals surface area (Å²) >= 11 is 0. The second-order valence-electron chi connectivity index (χ2n) is 7.82. The highest BCUT2D eigenvalue weighted by molar-refractivity contribution is 6.03. The largest absolute Gasteiger partial charge is 0.354 e. The fourth-order valence-corrected chi connectivity index (χ4v) is 4.44. The van der Waals surface area contributed by atoms with E-state index in [1.54, 1.807) is 4.90 Å². The van der Waals surface area contributed by atoms with Crippen LogP contribution in [0.15, 0.2) is 72.8 Å². The summed E-state index contributed by atoms with van der Waals surface area (Å²) < 4.78 is 0. The molecule has 6 heteroatoms. The molecule has 0 saturated carbocycles. The minimum atomic E-state index is -0.414. The molecule has 3 aromatic carbocycles. The predicted octanol–water partition coefficient (Wildman–Crippen LogP) is 3.68. The van der Waals surface area contributed by atoms with Crippen LogP contribution in [-0.4, -0.2) is 28.2 Å². The number of nitrogens with two attached hydrogens (primary N) is 1. The topological polar surface area (TPSA) is 91.2 Å². The van der Waals surface area contributed by atoms with E-state index in [1.165, 1.54) is 5.56 Å². The Morgan fingerprint density at radius 2 is 1.74 bits per heavy atom. The number of aromatic nitrogens is 1. The number of rotatable bonds is 4. The molecular weight excluding hydrogens is 388 g/mol. The van der Waals surface area contributed by atoms with E-state index in [-0.39, 0.29) is 12.5 Å². The third-order valence-corrected chi connectivity index (χ3v) is 5.89. The number of hydrogen-bond donors (Lipinski definition) is 3. The molecular formula is C25H22N4O2. The quantitative estimate of drug-likeness (QED) is 0.272. The molecule has 1 unspecified atom stereocenters. The average molecular weight is 410 g/mol. The number of hydrazine groups is 1. The molecule has 1 aliphatic rings. The summed E-state index contributed by atoms with van der Waals surface area (Å²) in [6, 6.07) is 23.4. The maximum Gasteiger partial charge on any atom is 0.255 e. The molecule has 0 bridgehead atoms. The lowest BCUT2D eigenvalue weighted by atomic mass is 9.93. The van der Waals surface area contributed by atoms with Gasteiger partial charge in [0.05, 0.1) is 11.7 Å². The highest BCUT2D eigenvalue weighted by Gasteiger charge is 2.40. The van der Waals surface area contributed by atoms with Gasteiger partial charge in [-0.25, -0.2) is 5.84 Å². The number of carbonyl (C=O) groups is 2. The number of nitrogens with one attached hydrogen (secondary N) is 2. The molecule has 0 spiro atoms.